The van der Waals surface area contributed by atoms with Gasteiger partial charge in [0.05, 0.1) is 4.92 Å². The highest BCUT2D eigenvalue weighted by Crippen LogP contribution is 2.29. The smallest absolute Gasteiger partial charge is 0.269 e. The molecule has 0 saturated carbocycles. The molecule has 1 aromatic rings. The third-order valence-corrected chi connectivity index (χ3v) is 4.41. The van der Waals surface area contributed by atoms with Gasteiger partial charge in [-0.15, -0.1) is 0 Å². The van der Waals surface area contributed by atoms with Crippen LogP contribution in [-0.2, 0) is 9.59 Å². The Morgan fingerprint density at radius 3 is 2.48 bits per heavy atom. The Morgan fingerprint density at radius 1 is 1.40 bits per heavy atom. The molecular formula is C16H20N4O4S. The zero-order chi connectivity index (χ0) is 18.7. The van der Waals surface area contributed by atoms with Gasteiger partial charge >= 0.3 is 0 Å². The van der Waals surface area contributed by atoms with Crippen LogP contribution in [0.15, 0.2) is 24.3 Å². The number of nitrogens with one attached hydrogen (secondary N) is 1. The Morgan fingerprint density at radius 2 is 2.00 bits per heavy atom. The number of nitrogens with zero attached hydrogens (tertiary/aromatic N) is 3. The van der Waals surface area contributed by atoms with Crippen molar-refractivity contribution in [2.45, 2.75) is 39.4 Å². The average molecular weight is 364 g/mol. The molecule has 1 heterocycles. The number of non-ortho nitro benzene ring substituents is 1. The zero-order valence-corrected chi connectivity index (χ0v) is 15.1. The lowest BCUT2D eigenvalue weighted by atomic mass is 10.1. The topological polar surface area (TPSA) is 95.8 Å². The summed E-state index contributed by atoms with van der Waals surface area (Å²) in [4.78, 5) is 37.7. The van der Waals surface area contributed by atoms with E-state index in [2.05, 4.69) is 5.32 Å². The summed E-state index contributed by atoms with van der Waals surface area (Å²) >= 11 is 5.45. The number of thiocarbonyl (C=S) groups is 1. The van der Waals surface area contributed by atoms with Gasteiger partial charge in [-0.25, -0.2) is 0 Å². The molecule has 0 bridgehead atoms. The number of hydrogen-bond acceptors (Lipinski definition) is 5. The zero-order valence-electron chi connectivity index (χ0n) is 14.3. The molecule has 2 amide bonds. The number of carbonyl (C=O) groups is 2. The molecule has 0 spiro atoms. The maximum atomic E-state index is 12.5. The molecule has 0 aromatic heterocycles. The lowest BCUT2D eigenvalue weighted by molar-refractivity contribution is -0.384. The summed E-state index contributed by atoms with van der Waals surface area (Å²) in [5.74, 6) is -0.413. The van der Waals surface area contributed by atoms with Gasteiger partial charge in [0.1, 0.15) is 12.2 Å². The Bertz CT molecular complexity index is 707. The van der Waals surface area contributed by atoms with E-state index in [0.717, 1.165) is 6.42 Å². The first-order valence-corrected chi connectivity index (χ1v) is 8.33. The van der Waals surface area contributed by atoms with Gasteiger partial charge in [-0.2, -0.15) is 0 Å². The van der Waals surface area contributed by atoms with Crippen molar-refractivity contribution in [2.75, 3.05) is 6.54 Å². The molecule has 2 unspecified atom stereocenters. The first kappa shape index (κ1) is 18.8. The van der Waals surface area contributed by atoms with Crippen molar-refractivity contribution in [3.8, 4) is 0 Å². The number of nitro benzene ring substituents is 1. The maximum absolute atomic E-state index is 12.5. The van der Waals surface area contributed by atoms with Gasteiger partial charge in [-0.1, -0.05) is 6.92 Å². The SMILES string of the molecule is CCCN1C(=O)C(C)N(C(NC(C)=O)c2ccc([N+](=O)[O-])cc2)C1=S. The minimum Gasteiger partial charge on any atom is -0.332 e. The number of rotatable bonds is 6. The standard InChI is InChI=1S/C16H20N4O4S/c1-4-9-18-15(22)10(2)19(16(18)25)14(17-11(3)21)12-5-7-13(8-6-12)20(23)24/h5-8,10,14H,4,9H2,1-3H3,(H,17,21). The summed E-state index contributed by atoms with van der Waals surface area (Å²) in [5, 5.41) is 14.0. The Kier molecular flexibility index (Phi) is 5.68. The quantitative estimate of drug-likeness (QED) is 0.471. The van der Waals surface area contributed by atoms with E-state index >= 15 is 0 Å². The average Bonchev–Trinajstić information content (AvgIpc) is 2.77. The van der Waals surface area contributed by atoms with Crippen molar-refractivity contribution in [1.29, 1.82) is 0 Å². The maximum Gasteiger partial charge on any atom is 0.269 e. The fraction of sp³-hybridized carbons (Fsp3) is 0.438. The third kappa shape index (κ3) is 3.76. The van der Waals surface area contributed by atoms with Crippen LogP contribution >= 0.6 is 12.2 Å². The van der Waals surface area contributed by atoms with Crippen molar-refractivity contribution in [2.24, 2.45) is 0 Å². The fourth-order valence-corrected chi connectivity index (χ4v) is 3.24. The number of benzene rings is 1. The predicted molar refractivity (Wildman–Crippen MR) is 95.6 cm³/mol. The van der Waals surface area contributed by atoms with E-state index in [9.17, 15) is 19.7 Å². The molecule has 0 aliphatic carbocycles. The Balaban J connectivity index is 2.40. The van der Waals surface area contributed by atoms with Gasteiger partial charge in [-0.3, -0.25) is 24.6 Å². The van der Waals surface area contributed by atoms with Crippen molar-refractivity contribution in [3.63, 3.8) is 0 Å². The second-order valence-corrected chi connectivity index (χ2v) is 6.17. The summed E-state index contributed by atoms with van der Waals surface area (Å²) in [5.41, 5.74) is 0.562. The Hall–Kier alpha value is -2.55. The molecular weight excluding hydrogens is 344 g/mol. The third-order valence-electron chi connectivity index (χ3n) is 3.98. The van der Waals surface area contributed by atoms with Crippen LogP contribution in [0.2, 0.25) is 0 Å². The van der Waals surface area contributed by atoms with Gasteiger partial charge in [-0.05, 0) is 43.3 Å². The van der Waals surface area contributed by atoms with Crippen LogP contribution in [0.3, 0.4) is 0 Å². The van der Waals surface area contributed by atoms with Crippen LogP contribution in [0, 0.1) is 10.1 Å². The molecule has 2 atom stereocenters. The highest BCUT2D eigenvalue weighted by molar-refractivity contribution is 7.80. The van der Waals surface area contributed by atoms with Crippen molar-refractivity contribution >= 4 is 34.8 Å². The molecule has 1 aliphatic heterocycles. The van der Waals surface area contributed by atoms with E-state index in [0.29, 0.717) is 17.2 Å². The predicted octanol–water partition coefficient (Wildman–Crippen LogP) is 1.96. The molecule has 0 radical (unpaired) electrons. The Labute approximate surface area is 150 Å². The van der Waals surface area contributed by atoms with Gasteiger partial charge in [0.25, 0.3) is 11.6 Å². The van der Waals surface area contributed by atoms with E-state index in [4.69, 9.17) is 12.2 Å². The number of nitro groups is 1. The van der Waals surface area contributed by atoms with Gasteiger partial charge in [0.2, 0.25) is 5.91 Å². The van der Waals surface area contributed by atoms with Crippen LogP contribution in [0.4, 0.5) is 5.69 Å². The van der Waals surface area contributed by atoms with E-state index in [1.807, 2.05) is 6.92 Å². The summed E-state index contributed by atoms with van der Waals surface area (Å²) in [6.45, 7) is 5.55. The van der Waals surface area contributed by atoms with Crippen molar-refractivity contribution in [3.05, 3.63) is 39.9 Å². The minimum absolute atomic E-state index is 0.0499. The summed E-state index contributed by atoms with van der Waals surface area (Å²) < 4.78 is 0. The molecule has 134 valence electrons. The van der Waals surface area contributed by atoms with Gasteiger partial charge < -0.3 is 10.2 Å². The summed E-state index contributed by atoms with van der Waals surface area (Å²) in [7, 11) is 0. The second-order valence-electron chi connectivity index (χ2n) is 5.81. The number of carbonyl (C=O) groups excluding carboxylic acids is 2. The molecule has 1 N–H and O–H groups in total. The van der Waals surface area contributed by atoms with Crippen LogP contribution in [0.5, 0.6) is 0 Å². The van der Waals surface area contributed by atoms with E-state index in [-0.39, 0.29) is 17.5 Å². The molecule has 1 saturated heterocycles. The number of hydrogen-bond donors (Lipinski definition) is 1. The fourth-order valence-electron chi connectivity index (χ4n) is 2.79. The first-order valence-electron chi connectivity index (χ1n) is 7.93. The summed E-state index contributed by atoms with van der Waals surface area (Å²) in [6, 6.07) is 5.30. The normalized spacial score (nSPS) is 18.4. The van der Waals surface area contributed by atoms with Crippen LogP contribution in [0.1, 0.15) is 38.9 Å². The second kappa shape index (κ2) is 7.56. The van der Waals surface area contributed by atoms with Crippen LogP contribution < -0.4 is 5.32 Å². The van der Waals surface area contributed by atoms with E-state index in [1.165, 1.54) is 24.0 Å². The molecule has 25 heavy (non-hydrogen) atoms. The van der Waals surface area contributed by atoms with Crippen molar-refractivity contribution < 1.29 is 14.5 Å². The highest BCUT2D eigenvalue weighted by atomic mass is 32.1. The first-order chi connectivity index (χ1) is 11.8. The molecule has 1 aliphatic rings. The summed E-state index contributed by atoms with van der Waals surface area (Å²) in [6.07, 6.45) is 0.0843. The van der Waals surface area contributed by atoms with Crippen LogP contribution in [0.25, 0.3) is 0 Å². The van der Waals surface area contributed by atoms with Crippen molar-refractivity contribution in [1.82, 2.24) is 15.1 Å². The van der Waals surface area contributed by atoms with Crippen LogP contribution in [-0.4, -0.2) is 44.2 Å². The molecule has 1 fully saturated rings. The lowest BCUT2D eigenvalue weighted by Gasteiger charge is -2.32. The lowest BCUT2D eigenvalue weighted by Crippen LogP contribution is -2.45. The van der Waals surface area contributed by atoms with Gasteiger partial charge in [0, 0.05) is 25.6 Å². The largest absolute Gasteiger partial charge is 0.332 e. The molecule has 1 aromatic carbocycles. The molecule has 9 heteroatoms. The van der Waals surface area contributed by atoms with Gasteiger partial charge in [0.15, 0.2) is 5.11 Å². The monoisotopic (exact) mass is 364 g/mol. The van der Waals surface area contributed by atoms with E-state index in [1.54, 1.807) is 24.0 Å². The highest BCUT2D eigenvalue weighted by Gasteiger charge is 2.43. The van der Waals surface area contributed by atoms with E-state index < -0.39 is 17.1 Å². The molecule has 8 nitrogen and oxygen atoms in total. The molecule has 2 rings (SSSR count). The number of amides is 2. The minimum atomic E-state index is -0.674.